The Hall–Kier alpha value is -0.0800. The van der Waals surface area contributed by atoms with Crippen molar-refractivity contribution >= 4 is 0 Å². The first kappa shape index (κ1) is 7.92. The Balaban J connectivity index is 3.17. The summed E-state index contributed by atoms with van der Waals surface area (Å²) in [5.74, 6) is 0. The Labute approximate surface area is 51.5 Å². The lowest BCUT2D eigenvalue weighted by molar-refractivity contribution is 0.491. The highest BCUT2D eigenvalue weighted by Crippen LogP contribution is 1.84. The van der Waals surface area contributed by atoms with Crippen LogP contribution in [0.4, 0.5) is 0 Å². The number of hydrogen-bond acceptors (Lipinski definition) is 2. The Kier molecular flexibility index (Phi) is 3.83. The number of rotatable bonds is 3. The molecule has 0 aliphatic heterocycles. The third-order valence-electron chi connectivity index (χ3n) is 1.31. The molecule has 0 aliphatic carbocycles. The van der Waals surface area contributed by atoms with E-state index in [1.807, 2.05) is 6.92 Å². The monoisotopic (exact) mass is 116 g/mol. The molecule has 2 nitrogen and oxygen atoms in total. The fourth-order valence-electron chi connectivity index (χ4n) is 0.508. The van der Waals surface area contributed by atoms with Gasteiger partial charge in [-0.2, -0.15) is 0 Å². The first-order valence-electron chi connectivity index (χ1n) is 3.17. The molecule has 8 heavy (non-hydrogen) atoms. The van der Waals surface area contributed by atoms with Crippen molar-refractivity contribution in [1.82, 2.24) is 5.32 Å². The molecule has 0 aromatic rings. The molecule has 0 saturated heterocycles. The van der Waals surface area contributed by atoms with Crippen LogP contribution in [0.5, 0.6) is 0 Å². The molecule has 0 aliphatic rings. The summed E-state index contributed by atoms with van der Waals surface area (Å²) < 4.78 is 0. The maximum atomic E-state index is 5.56. The molecule has 3 N–H and O–H groups in total. The molecule has 0 unspecified atom stereocenters. The minimum absolute atomic E-state index is 0.259. The van der Waals surface area contributed by atoms with Crippen LogP contribution in [0, 0.1) is 0 Å². The smallest absolute Gasteiger partial charge is 0.0187 e. The van der Waals surface area contributed by atoms with Crippen molar-refractivity contribution in [2.75, 3.05) is 6.54 Å². The second kappa shape index (κ2) is 3.87. The summed E-state index contributed by atoms with van der Waals surface area (Å²) in [6.45, 7) is 7.18. The van der Waals surface area contributed by atoms with Gasteiger partial charge in [-0.25, -0.2) is 0 Å². The molecule has 2 atom stereocenters. The summed E-state index contributed by atoms with van der Waals surface area (Å²) in [6.07, 6.45) is 0. The summed E-state index contributed by atoms with van der Waals surface area (Å²) >= 11 is 0. The number of nitrogens with two attached hydrogens (primary N) is 1. The van der Waals surface area contributed by atoms with Gasteiger partial charge in [0.05, 0.1) is 0 Å². The standard InChI is InChI=1S/C6H16N2/c1-4-8-6(3)5(2)7/h5-6,8H,4,7H2,1-3H3/t5-,6-/m0/s1. The first-order valence-corrected chi connectivity index (χ1v) is 3.17. The lowest BCUT2D eigenvalue weighted by atomic mass is 10.2. The van der Waals surface area contributed by atoms with Gasteiger partial charge in [-0.05, 0) is 20.4 Å². The lowest BCUT2D eigenvalue weighted by Crippen LogP contribution is -2.40. The zero-order valence-electron chi connectivity index (χ0n) is 5.94. The third kappa shape index (κ3) is 2.99. The molecule has 0 heterocycles. The fraction of sp³-hybridized carbons (Fsp3) is 1.00. The summed E-state index contributed by atoms with van der Waals surface area (Å²) in [6, 6.07) is 0.704. The van der Waals surface area contributed by atoms with Crippen molar-refractivity contribution in [2.24, 2.45) is 5.73 Å². The Morgan fingerprint density at radius 3 is 2.12 bits per heavy atom. The summed E-state index contributed by atoms with van der Waals surface area (Å²) in [4.78, 5) is 0. The van der Waals surface area contributed by atoms with Crippen LogP contribution < -0.4 is 11.1 Å². The van der Waals surface area contributed by atoms with Gasteiger partial charge in [0.2, 0.25) is 0 Å². The molecule has 0 aromatic carbocycles. The molecule has 0 saturated carbocycles. The van der Waals surface area contributed by atoms with E-state index in [0.717, 1.165) is 6.54 Å². The fourth-order valence-corrected chi connectivity index (χ4v) is 0.508. The molecule has 0 amide bonds. The van der Waals surface area contributed by atoms with Crippen LogP contribution >= 0.6 is 0 Å². The number of nitrogens with one attached hydrogen (secondary N) is 1. The summed E-state index contributed by atoms with van der Waals surface area (Å²) in [5, 5.41) is 3.22. The van der Waals surface area contributed by atoms with E-state index in [-0.39, 0.29) is 6.04 Å². The van der Waals surface area contributed by atoms with Crippen molar-refractivity contribution in [3.8, 4) is 0 Å². The summed E-state index contributed by atoms with van der Waals surface area (Å²) in [5.41, 5.74) is 5.56. The number of hydrogen-bond donors (Lipinski definition) is 2. The van der Waals surface area contributed by atoms with Crippen LogP contribution in [-0.4, -0.2) is 18.6 Å². The van der Waals surface area contributed by atoms with Gasteiger partial charge in [0.25, 0.3) is 0 Å². The van der Waals surface area contributed by atoms with Crippen LogP contribution in [0.25, 0.3) is 0 Å². The maximum absolute atomic E-state index is 5.56. The Bertz CT molecular complexity index is 52.5. The van der Waals surface area contributed by atoms with E-state index >= 15 is 0 Å². The Morgan fingerprint density at radius 1 is 1.50 bits per heavy atom. The molecule has 0 rings (SSSR count). The van der Waals surface area contributed by atoms with Gasteiger partial charge in [-0.1, -0.05) is 6.92 Å². The molecule has 0 spiro atoms. The van der Waals surface area contributed by atoms with E-state index < -0.39 is 0 Å². The van der Waals surface area contributed by atoms with E-state index in [2.05, 4.69) is 19.2 Å². The van der Waals surface area contributed by atoms with E-state index in [1.54, 1.807) is 0 Å². The van der Waals surface area contributed by atoms with Gasteiger partial charge in [0, 0.05) is 12.1 Å². The lowest BCUT2D eigenvalue weighted by Gasteiger charge is -2.15. The van der Waals surface area contributed by atoms with E-state index in [1.165, 1.54) is 0 Å². The van der Waals surface area contributed by atoms with Crippen molar-refractivity contribution in [3.05, 3.63) is 0 Å². The molecular weight excluding hydrogens is 100 g/mol. The van der Waals surface area contributed by atoms with Crippen LogP contribution in [0.1, 0.15) is 20.8 Å². The average Bonchev–Trinajstić information content (AvgIpc) is 1.67. The van der Waals surface area contributed by atoms with Gasteiger partial charge in [0.1, 0.15) is 0 Å². The topological polar surface area (TPSA) is 38.0 Å². The van der Waals surface area contributed by atoms with Crippen molar-refractivity contribution in [1.29, 1.82) is 0 Å². The van der Waals surface area contributed by atoms with E-state index in [0.29, 0.717) is 6.04 Å². The molecule has 0 fully saturated rings. The SMILES string of the molecule is CCN[C@@H](C)[C@H](C)N. The quantitative estimate of drug-likeness (QED) is 0.557. The molecule has 0 bridgehead atoms. The molecule has 50 valence electrons. The normalized spacial score (nSPS) is 18.0. The highest BCUT2D eigenvalue weighted by molar-refractivity contribution is 4.68. The second-order valence-electron chi connectivity index (χ2n) is 2.21. The minimum Gasteiger partial charge on any atom is -0.327 e. The van der Waals surface area contributed by atoms with Crippen molar-refractivity contribution in [3.63, 3.8) is 0 Å². The van der Waals surface area contributed by atoms with E-state index in [9.17, 15) is 0 Å². The van der Waals surface area contributed by atoms with Gasteiger partial charge < -0.3 is 11.1 Å². The van der Waals surface area contributed by atoms with Gasteiger partial charge in [-0.15, -0.1) is 0 Å². The molecule has 0 radical (unpaired) electrons. The van der Waals surface area contributed by atoms with Crippen LogP contribution in [0.3, 0.4) is 0 Å². The van der Waals surface area contributed by atoms with Gasteiger partial charge in [-0.3, -0.25) is 0 Å². The van der Waals surface area contributed by atoms with Gasteiger partial charge >= 0.3 is 0 Å². The highest BCUT2D eigenvalue weighted by atomic mass is 14.9. The average molecular weight is 116 g/mol. The van der Waals surface area contributed by atoms with Crippen LogP contribution in [0.15, 0.2) is 0 Å². The maximum Gasteiger partial charge on any atom is 0.0187 e. The zero-order chi connectivity index (χ0) is 6.57. The summed E-state index contributed by atoms with van der Waals surface area (Å²) in [7, 11) is 0. The number of likely N-dealkylation sites (N-methyl/N-ethyl adjacent to an activating group) is 1. The molecule has 2 heteroatoms. The predicted octanol–water partition coefficient (Wildman–Crippen LogP) is 0.332. The predicted molar refractivity (Wildman–Crippen MR) is 36.8 cm³/mol. The Morgan fingerprint density at radius 2 is 2.00 bits per heavy atom. The first-order chi connectivity index (χ1) is 3.68. The highest BCUT2D eigenvalue weighted by Gasteiger charge is 2.02. The van der Waals surface area contributed by atoms with Crippen molar-refractivity contribution < 1.29 is 0 Å². The largest absolute Gasteiger partial charge is 0.327 e. The van der Waals surface area contributed by atoms with Gasteiger partial charge in [0.15, 0.2) is 0 Å². The van der Waals surface area contributed by atoms with Crippen LogP contribution in [0.2, 0.25) is 0 Å². The van der Waals surface area contributed by atoms with Crippen molar-refractivity contribution in [2.45, 2.75) is 32.9 Å². The van der Waals surface area contributed by atoms with Crippen LogP contribution in [-0.2, 0) is 0 Å². The second-order valence-corrected chi connectivity index (χ2v) is 2.21. The molecular formula is C6H16N2. The third-order valence-corrected chi connectivity index (χ3v) is 1.31. The zero-order valence-corrected chi connectivity index (χ0v) is 5.94. The minimum atomic E-state index is 0.259. The van der Waals surface area contributed by atoms with E-state index in [4.69, 9.17) is 5.73 Å². The molecule has 0 aromatic heterocycles.